The Labute approximate surface area is 333 Å². The molecule has 0 radical (unpaired) electrons. The van der Waals surface area contributed by atoms with Gasteiger partial charge < -0.3 is 20.1 Å². The third-order valence-corrected chi connectivity index (χ3v) is 10.6. The molecule has 0 fully saturated rings. The van der Waals surface area contributed by atoms with Crippen molar-refractivity contribution in [2.75, 3.05) is 26.4 Å². The van der Waals surface area contributed by atoms with E-state index in [2.05, 4.69) is 38.2 Å². The monoisotopic (exact) mass is 784 g/mol. The lowest BCUT2D eigenvalue weighted by Crippen LogP contribution is -2.25. The van der Waals surface area contributed by atoms with Gasteiger partial charge in [0.1, 0.15) is 6.61 Å². The number of rotatable bonds is 43. The molecule has 54 heavy (non-hydrogen) atoms. The first-order valence-corrected chi connectivity index (χ1v) is 24.0. The van der Waals surface area contributed by atoms with Crippen molar-refractivity contribution in [2.24, 2.45) is 5.73 Å². The van der Waals surface area contributed by atoms with Crippen LogP contribution in [0.5, 0.6) is 0 Å². The van der Waals surface area contributed by atoms with Crippen LogP contribution in [0.3, 0.4) is 0 Å². The van der Waals surface area contributed by atoms with Gasteiger partial charge >= 0.3 is 13.8 Å². The highest BCUT2D eigenvalue weighted by atomic mass is 31.2. The highest BCUT2D eigenvalue weighted by Crippen LogP contribution is 2.43. The maximum Gasteiger partial charge on any atom is 0.472 e. The van der Waals surface area contributed by atoms with Crippen LogP contribution in [-0.2, 0) is 27.9 Å². The van der Waals surface area contributed by atoms with E-state index in [0.29, 0.717) is 6.42 Å². The maximum atomic E-state index is 12.4. The van der Waals surface area contributed by atoms with Gasteiger partial charge in [-0.05, 0) is 57.4 Å². The van der Waals surface area contributed by atoms with Crippen LogP contribution in [0, 0.1) is 0 Å². The van der Waals surface area contributed by atoms with Crippen molar-refractivity contribution < 1.29 is 32.8 Å². The van der Waals surface area contributed by atoms with Crippen molar-refractivity contribution in [2.45, 2.75) is 219 Å². The van der Waals surface area contributed by atoms with Gasteiger partial charge in [0.15, 0.2) is 6.10 Å². The van der Waals surface area contributed by atoms with Gasteiger partial charge in [0.25, 0.3) is 0 Å². The Bertz CT molecular complexity index is 926. The van der Waals surface area contributed by atoms with E-state index >= 15 is 0 Å². The van der Waals surface area contributed by atoms with Crippen molar-refractivity contribution in [1.82, 2.24) is 0 Å². The van der Waals surface area contributed by atoms with Gasteiger partial charge in [-0.3, -0.25) is 13.8 Å². The summed E-state index contributed by atoms with van der Waals surface area (Å²) in [5.41, 5.74) is 5.37. The SMILES string of the molecule is CCCCCC=CCC=CCCCCCCCCCCCC(=O)OC[C@H](COP(=O)(O)OCCN)OC=CCCCCCCCCCCCCCCCC. The van der Waals surface area contributed by atoms with Crippen LogP contribution in [0.15, 0.2) is 36.6 Å². The van der Waals surface area contributed by atoms with Crippen LogP contribution >= 0.6 is 7.82 Å². The molecule has 0 amide bonds. The molecule has 1 unspecified atom stereocenters. The van der Waals surface area contributed by atoms with Gasteiger partial charge in [0.2, 0.25) is 0 Å². The minimum absolute atomic E-state index is 0.0646. The molecule has 0 heterocycles. The summed E-state index contributed by atoms with van der Waals surface area (Å²) in [5.74, 6) is -0.293. The number of hydrogen-bond donors (Lipinski definition) is 2. The molecule has 0 spiro atoms. The number of ether oxygens (including phenoxy) is 2. The molecular weight excluding hydrogens is 697 g/mol. The van der Waals surface area contributed by atoms with Crippen molar-refractivity contribution >= 4 is 13.8 Å². The number of phosphoric ester groups is 1. The molecule has 0 aromatic rings. The van der Waals surface area contributed by atoms with E-state index in [1.54, 1.807) is 6.26 Å². The summed E-state index contributed by atoms with van der Waals surface area (Å²) < 4.78 is 33.2. The van der Waals surface area contributed by atoms with Gasteiger partial charge in [-0.2, -0.15) is 0 Å². The zero-order valence-electron chi connectivity index (χ0n) is 35.2. The zero-order chi connectivity index (χ0) is 39.5. The average Bonchev–Trinajstić information content (AvgIpc) is 3.16. The number of nitrogens with two attached hydrogens (primary N) is 1. The van der Waals surface area contributed by atoms with Crippen LogP contribution in [-0.4, -0.2) is 43.3 Å². The van der Waals surface area contributed by atoms with Gasteiger partial charge in [0.05, 0.1) is 19.5 Å². The zero-order valence-corrected chi connectivity index (χ0v) is 36.1. The molecule has 2 atom stereocenters. The lowest BCUT2D eigenvalue weighted by atomic mass is 10.0. The van der Waals surface area contributed by atoms with Crippen molar-refractivity contribution in [1.29, 1.82) is 0 Å². The second-order valence-corrected chi connectivity index (χ2v) is 16.4. The molecule has 0 rings (SSSR count). The molecule has 0 bridgehead atoms. The number of unbranched alkanes of at least 4 members (excludes halogenated alkanes) is 26. The maximum absolute atomic E-state index is 12.4. The van der Waals surface area contributed by atoms with Crippen LogP contribution in [0.1, 0.15) is 213 Å². The molecule has 0 aliphatic rings. The van der Waals surface area contributed by atoms with Crippen molar-refractivity contribution in [3.63, 3.8) is 0 Å². The topological polar surface area (TPSA) is 117 Å². The first-order valence-electron chi connectivity index (χ1n) is 22.5. The minimum Gasteiger partial charge on any atom is -0.492 e. The fourth-order valence-corrected chi connectivity index (χ4v) is 7.01. The van der Waals surface area contributed by atoms with Gasteiger partial charge in [-0.15, -0.1) is 0 Å². The second-order valence-electron chi connectivity index (χ2n) is 15.0. The molecule has 0 aliphatic heterocycles. The molecule has 0 aliphatic carbocycles. The van der Waals surface area contributed by atoms with Crippen molar-refractivity contribution in [3.05, 3.63) is 36.6 Å². The highest BCUT2D eigenvalue weighted by Gasteiger charge is 2.24. The molecule has 9 heteroatoms. The largest absolute Gasteiger partial charge is 0.492 e. The summed E-state index contributed by atoms with van der Waals surface area (Å²) in [4.78, 5) is 22.3. The summed E-state index contributed by atoms with van der Waals surface area (Å²) in [6, 6.07) is 0. The minimum atomic E-state index is -4.27. The number of allylic oxidation sites excluding steroid dienone is 5. The second kappa shape index (κ2) is 42.7. The third kappa shape index (κ3) is 41.7. The lowest BCUT2D eigenvalue weighted by molar-refractivity contribution is -0.147. The van der Waals surface area contributed by atoms with Gasteiger partial charge in [-0.25, -0.2) is 4.57 Å². The number of hydrogen-bond acceptors (Lipinski definition) is 7. The normalized spacial score (nSPS) is 13.7. The van der Waals surface area contributed by atoms with E-state index in [4.69, 9.17) is 24.3 Å². The summed E-state index contributed by atoms with van der Waals surface area (Å²) in [6.07, 6.45) is 49.7. The van der Waals surface area contributed by atoms with Crippen LogP contribution in [0.2, 0.25) is 0 Å². The number of carbonyl (C=O) groups excluding carboxylic acids is 1. The molecule has 0 saturated carbocycles. The summed E-state index contributed by atoms with van der Waals surface area (Å²) in [7, 11) is -4.27. The van der Waals surface area contributed by atoms with E-state index in [-0.39, 0.29) is 32.3 Å². The Morgan fingerprint density at radius 3 is 1.50 bits per heavy atom. The van der Waals surface area contributed by atoms with E-state index in [0.717, 1.165) is 38.5 Å². The quantitative estimate of drug-likeness (QED) is 0.0206. The lowest BCUT2D eigenvalue weighted by Gasteiger charge is -2.19. The Balaban J connectivity index is 4.04. The highest BCUT2D eigenvalue weighted by molar-refractivity contribution is 7.47. The van der Waals surface area contributed by atoms with Crippen molar-refractivity contribution in [3.8, 4) is 0 Å². The molecule has 0 saturated heterocycles. The molecule has 0 aromatic carbocycles. The van der Waals surface area contributed by atoms with Gasteiger partial charge in [-0.1, -0.05) is 179 Å². The smallest absolute Gasteiger partial charge is 0.472 e. The van der Waals surface area contributed by atoms with E-state index < -0.39 is 13.9 Å². The van der Waals surface area contributed by atoms with Crippen LogP contribution < -0.4 is 5.73 Å². The Morgan fingerprint density at radius 1 is 0.574 bits per heavy atom. The first kappa shape index (κ1) is 52.6. The molecule has 8 nitrogen and oxygen atoms in total. The molecule has 0 aromatic heterocycles. The number of phosphoric acid groups is 1. The average molecular weight is 784 g/mol. The predicted octanol–water partition coefficient (Wildman–Crippen LogP) is 13.8. The van der Waals surface area contributed by atoms with E-state index in [9.17, 15) is 14.3 Å². The van der Waals surface area contributed by atoms with Crippen LogP contribution in [0.4, 0.5) is 0 Å². The van der Waals surface area contributed by atoms with E-state index in [1.165, 1.54) is 154 Å². The predicted molar refractivity (Wildman–Crippen MR) is 229 cm³/mol. The summed E-state index contributed by atoms with van der Waals surface area (Å²) in [5, 5.41) is 0. The number of carbonyl (C=O) groups is 1. The fourth-order valence-electron chi connectivity index (χ4n) is 6.25. The Kier molecular flexibility index (Phi) is 41.6. The Morgan fingerprint density at radius 2 is 1.00 bits per heavy atom. The van der Waals surface area contributed by atoms with E-state index in [1.807, 2.05) is 6.08 Å². The standard InChI is InChI=1S/C45H86NO7P/c1-3-5-7-9-11-13-15-17-19-21-22-23-24-26-28-30-32-34-36-38-45(47)51-42-44(43-53-54(48,49)52-41-39-46)50-40-37-35-33-31-29-27-25-20-18-16-14-12-10-8-6-4-2/h11,13,17,19,37,40,44H,3-10,12,14-16,18,20-36,38-39,41-43,46H2,1-2H3,(H,48,49)/t44-/m1/s1. The molecular formula is C45H86NO7P. The Hall–Kier alpha value is -1.44. The summed E-state index contributed by atoms with van der Waals surface area (Å²) in [6.45, 7) is 4.21. The third-order valence-electron chi connectivity index (χ3n) is 9.65. The molecule has 318 valence electrons. The first-order chi connectivity index (χ1) is 26.4. The van der Waals surface area contributed by atoms with Gasteiger partial charge in [0, 0.05) is 13.0 Å². The molecule has 3 N–H and O–H groups in total. The fraction of sp³-hybridized carbons (Fsp3) is 0.844. The van der Waals surface area contributed by atoms with Crippen LogP contribution in [0.25, 0.3) is 0 Å². The summed E-state index contributed by atoms with van der Waals surface area (Å²) >= 11 is 0. The number of esters is 1.